The average Bonchev–Trinajstić information content (AvgIpc) is 2.46. The van der Waals surface area contributed by atoms with Crippen LogP contribution in [0.25, 0.3) is 0 Å². The lowest BCUT2D eigenvalue weighted by molar-refractivity contribution is 1.14. The number of nitrogens with zero attached hydrogens (tertiary/aromatic N) is 2. The molecule has 0 saturated heterocycles. The second-order valence-electron chi connectivity index (χ2n) is 4.93. The molecule has 0 saturated carbocycles. The number of rotatable bonds is 4. The Bertz CT molecular complexity index is 601. The van der Waals surface area contributed by atoms with Crippen molar-refractivity contribution in [3.05, 3.63) is 59.7 Å². The topological polar surface area (TPSA) is 24.7 Å². The Kier molecular flexibility index (Phi) is 4.83. The first-order valence-corrected chi connectivity index (χ1v) is 6.92. The first kappa shape index (κ1) is 14.2. The molecule has 0 atom stereocenters. The molecule has 0 spiro atoms. The van der Waals surface area contributed by atoms with Gasteiger partial charge in [-0.1, -0.05) is 31.2 Å². The molecule has 0 heterocycles. The summed E-state index contributed by atoms with van der Waals surface area (Å²) < 4.78 is 0. The van der Waals surface area contributed by atoms with E-state index in [-0.39, 0.29) is 0 Å². The second kappa shape index (κ2) is 6.80. The van der Waals surface area contributed by atoms with Crippen molar-refractivity contribution in [1.29, 1.82) is 0 Å². The van der Waals surface area contributed by atoms with Crippen molar-refractivity contribution in [2.45, 2.75) is 27.2 Å². The van der Waals surface area contributed by atoms with E-state index in [9.17, 15) is 0 Å². The molecule has 0 bridgehead atoms. The number of aryl methyl sites for hydroxylation is 1. The van der Waals surface area contributed by atoms with E-state index in [4.69, 9.17) is 0 Å². The Morgan fingerprint density at radius 2 is 1.50 bits per heavy atom. The van der Waals surface area contributed by atoms with Gasteiger partial charge in [-0.2, -0.15) is 0 Å². The fraction of sp³-hybridized carbons (Fsp3) is 0.222. The van der Waals surface area contributed by atoms with Crippen molar-refractivity contribution < 1.29 is 0 Å². The van der Waals surface area contributed by atoms with Crippen LogP contribution in [0.2, 0.25) is 0 Å². The van der Waals surface area contributed by atoms with Gasteiger partial charge >= 0.3 is 0 Å². The third-order valence-electron chi connectivity index (χ3n) is 2.95. The molecule has 0 aliphatic rings. The van der Waals surface area contributed by atoms with Gasteiger partial charge in [-0.25, -0.2) is 0 Å². The van der Waals surface area contributed by atoms with Crippen LogP contribution in [0, 0.1) is 0 Å². The quantitative estimate of drug-likeness (QED) is 0.685. The molecule has 102 valence electrons. The monoisotopic (exact) mass is 264 g/mol. The number of hydrogen-bond donors (Lipinski definition) is 0. The highest BCUT2D eigenvalue weighted by molar-refractivity contribution is 5.83. The maximum Gasteiger partial charge on any atom is 0.0631 e. The minimum absolute atomic E-state index is 0.942. The number of hydrogen-bond acceptors (Lipinski definition) is 2. The summed E-state index contributed by atoms with van der Waals surface area (Å²) in [6, 6.07) is 16.4. The van der Waals surface area contributed by atoms with Gasteiger partial charge < -0.3 is 0 Å². The van der Waals surface area contributed by atoms with E-state index in [1.165, 1.54) is 5.56 Å². The summed E-state index contributed by atoms with van der Waals surface area (Å²) >= 11 is 0. The highest BCUT2D eigenvalue weighted by atomic mass is 14.7. The standard InChI is InChI=1S/C18H20N2/c1-4-15-5-7-16(8-6-15)13-19-17-9-11-18(12-10-17)20-14(2)3/h5-13H,4H2,1-3H3/b19-13+. The van der Waals surface area contributed by atoms with Crippen LogP contribution in [0.5, 0.6) is 0 Å². The predicted octanol–water partition coefficient (Wildman–Crippen LogP) is 5.11. The van der Waals surface area contributed by atoms with E-state index in [1.807, 2.05) is 44.3 Å². The molecule has 2 nitrogen and oxygen atoms in total. The lowest BCUT2D eigenvalue weighted by Crippen LogP contribution is -1.83. The van der Waals surface area contributed by atoms with Crippen molar-refractivity contribution >= 4 is 23.3 Å². The highest BCUT2D eigenvalue weighted by Crippen LogP contribution is 2.18. The zero-order chi connectivity index (χ0) is 14.4. The Morgan fingerprint density at radius 1 is 0.900 bits per heavy atom. The molecule has 2 aromatic rings. The molecule has 0 aliphatic carbocycles. The van der Waals surface area contributed by atoms with Gasteiger partial charge in [-0.15, -0.1) is 0 Å². The zero-order valence-electron chi connectivity index (χ0n) is 12.3. The van der Waals surface area contributed by atoms with Crippen molar-refractivity contribution in [1.82, 2.24) is 0 Å². The van der Waals surface area contributed by atoms with E-state index in [2.05, 4.69) is 41.2 Å². The molecule has 2 rings (SSSR count). The van der Waals surface area contributed by atoms with Crippen LogP contribution in [0.1, 0.15) is 31.9 Å². The molecular weight excluding hydrogens is 244 g/mol. The minimum atomic E-state index is 0.942. The van der Waals surface area contributed by atoms with Crippen molar-refractivity contribution in [2.75, 3.05) is 0 Å². The molecule has 20 heavy (non-hydrogen) atoms. The summed E-state index contributed by atoms with van der Waals surface area (Å²) in [5.41, 5.74) is 5.43. The molecule has 0 N–H and O–H groups in total. The van der Waals surface area contributed by atoms with Crippen molar-refractivity contribution in [2.24, 2.45) is 9.98 Å². The van der Waals surface area contributed by atoms with Crippen LogP contribution in [0.3, 0.4) is 0 Å². The normalized spacial score (nSPS) is 10.8. The van der Waals surface area contributed by atoms with E-state index in [0.717, 1.165) is 29.1 Å². The SMILES string of the molecule is CCc1ccc(/C=N/c2ccc(N=C(C)C)cc2)cc1. The van der Waals surface area contributed by atoms with E-state index >= 15 is 0 Å². The Morgan fingerprint density at radius 3 is 2.05 bits per heavy atom. The number of aliphatic imine (C=N–C) groups is 2. The van der Waals surface area contributed by atoms with Gasteiger partial charge in [0.25, 0.3) is 0 Å². The van der Waals surface area contributed by atoms with Crippen LogP contribution < -0.4 is 0 Å². The van der Waals surface area contributed by atoms with Crippen LogP contribution >= 0.6 is 0 Å². The van der Waals surface area contributed by atoms with Gasteiger partial charge in [0.05, 0.1) is 11.4 Å². The molecule has 0 fully saturated rings. The van der Waals surface area contributed by atoms with Gasteiger partial charge in [-0.05, 0) is 55.7 Å². The fourth-order valence-corrected chi connectivity index (χ4v) is 1.86. The smallest absolute Gasteiger partial charge is 0.0631 e. The summed E-state index contributed by atoms with van der Waals surface area (Å²) in [4.78, 5) is 8.88. The average molecular weight is 264 g/mol. The summed E-state index contributed by atoms with van der Waals surface area (Å²) in [6.45, 7) is 6.14. The summed E-state index contributed by atoms with van der Waals surface area (Å²) in [5, 5.41) is 0. The van der Waals surface area contributed by atoms with Crippen molar-refractivity contribution in [3.63, 3.8) is 0 Å². The fourth-order valence-electron chi connectivity index (χ4n) is 1.86. The minimum Gasteiger partial charge on any atom is -0.258 e. The zero-order valence-corrected chi connectivity index (χ0v) is 12.3. The largest absolute Gasteiger partial charge is 0.258 e. The molecule has 2 aromatic carbocycles. The number of benzene rings is 2. The Balaban J connectivity index is 2.08. The van der Waals surface area contributed by atoms with E-state index in [0.29, 0.717) is 0 Å². The summed E-state index contributed by atoms with van der Waals surface area (Å²) in [7, 11) is 0. The highest BCUT2D eigenvalue weighted by Gasteiger charge is 1.93. The third kappa shape index (κ3) is 4.16. The van der Waals surface area contributed by atoms with Gasteiger partial charge in [0.2, 0.25) is 0 Å². The van der Waals surface area contributed by atoms with Crippen LogP contribution in [-0.2, 0) is 6.42 Å². The molecule has 0 aromatic heterocycles. The maximum absolute atomic E-state index is 4.48. The summed E-state index contributed by atoms with van der Waals surface area (Å²) in [5.74, 6) is 0. The molecule has 0 amide bonds. The van der Waals surface area contributed by atoms with Crippen LogP contribution in [-0.4, -0.2) is 11.9 Å². The van der Waals surface area contributed by atoms with Gasteiger partial charge in [0.1, 0.15) is 0 Å². The Labute approximate surface area is 120 Å². The molecule has 0 aliphatic heterocycles. The van der Waals surface area contributed by atoms with Gasteiger partial charge in [0.15, 0.2) is 0 Å². The molecule has 0 unspecified atom stereocenters. The predicted molar refractivity (Wildman–Crippen MR) is 88.0 cm³/mol. The lowest BCUT2D eigenvalue weighted by atomic mass is 10.1. The van der Waals surface area contributed by atoms with Gasteiger partial charge in [0, 0.05) is 11.9 Å². The molecule has 2 heteroatoms. The van der Waals surface area contributed by atoms with E-state index in [1.54, 1.807) is 0 Å². The van der Waals surface area contributed by atoms with Crippen LogP contribution in [0.4, 0.5) is 11.4 Å². The molecule has 0 radical (unpaired) electrons. The van der Waals surface area contributed by atoms with Crippen molar-refractivity contribution in [3.8, 4) is 0 Å². The lowest BCUT2D eigenvalue weighted by Gasteiger charge is -1.98. The maximum atomic E-state index is 4.48. The summed E-state index contributed by atoms with van der Waals surface area (Å²) in [6.07, 6.45) is 2.96. The van der Waals surface area contributed by atoms with Gasteiger partial charge in [-0.3, -0.25) is 9.98 Å². The Hall–Kier alpha value is -2.22. The first-order chi connectivity index (χ1) is 9.67. The second-order valence-corrected chi connectivity index (χ2v) is 4.93. The third-order valence-corrected chi connectivity index (χ3v) is 2.95. The van der Waals surface area contributed by atoms with Crippen LogP contribution in [0.15, 0.2) is 58.5 Å². The van der Waals surface area contributed by atoms with E-state index < -0.39 is 0 Å². The first-order valence-electron chi connectivity index (χ1n) is 6.92. The molecular formula is C18H20N2.